The molecule has 2 aromatic carbocycles. The number of nitrogens with one attached hydrogen (secondary N) is 1. The molecule has 1 heterocycles. The highest BCUT2D eigenvalue weighted by atomic mass is 16.6. The van der Waals surface area contributed by atoms with Crippen molar-refractivity contribution < 1.29 is 14.5 Å². The highest BCUT2D eigenvalue weighted by Crippen LogP contribution is 2.30. The van der Waals surface area contributed by atoms with Crippen molar-refractivity contribution in [2.45, 2.75) is 25.9 Å². The molecule has 0 aliphatic carbocycles. The summed E-state index contributed by atoms with van der Waals surface area (Å²) in [4.78, 5) is 36.6. The summed E-state index contributed by atoms with van der Waals surface area (Å²) in [6.07, 6.45) is 0. The molecule has 1 fully saturated rings. The number of imide groups is 1. The number of nitro benzene ring substituents is 1. The van der Waals surface area contributed by atoms with Gasteiger partial charge < -0.3 is 5.32 Å². The van der Waals surface area contributed by atoms with Crippen molar-refractivity contribution in [2.24, 2.45) is 0 Å². The van der Waals surface area contributed by atoms with Gasteiger partial charge in [-0.05, 0) is 37.1 Å². The molecule has 3 amide bonds. The van der Waals surface area contributed by atoms with E-state index in [-0.39, 0.29) is 18.1 Å². The molecule has 1 N–H and O–H groups in total. The molecule has 0 bridgehead atoms. The summed E-state index contributed by atoms with van der Waals surface area (Å²) in [5.74, 6) is -0.382. The van der Waals surface area contributed by atoms with Gasteiger partial charge in [-0.15, -0.1) is 0 Å². The van der Waals surface area contributed by atoms with Crippen LogP contribution in [-0.4, -0.2) is 21.8 Å². The lowest BCUT2D eigenvalue weighted by atomic mass is 9.92. The number of non-ortho nitro benzene ring substituents is 1. The Balaban J connectivity index is 1.87. The number of nitrogens with zero attached hydrogens (tertiary/aromatic N) is 2. The van der Waals surface area contributed by atoms with Crippen LogP contribution in [0.1, 0.15) is 23.6 Å². The molecule has 1 aliphatic rings. The number of nitro groups is 1. The summed E-state index contributed by atoms with van der Waals surface area (Å²) in [5.41, 5.74) is 1.10. The summed E-state index contributed by atoms with van der Waals surface area (Å²) in [5, 5.41) is 13.5. The van der Waals surface area contributed by atoms with Crippen LogP contribution in [0, 0.1) is 17.0 Å². The third kappa shape index (κ3) is 2.96. The van der Waals surface area contributed by atoms with Crippen LogP contribution in [0.15, 0.2) is 48.5 Å². The minimum absolute atomic E-state index is 0.0688. The number of amides is 3. The molecule has 2 aromatic rings. The SMILES string of the molecule is Cc1cccc(CN2C(=O)NC(C)(c3ccc([N+](=O)[O-])cc3)C2=O)c1. The molecule has 1 aliphatic heterocycles. The average molecular weight is 339 g/mol. The fourth-order valence-corrected chi connectivity index (χ4v) is 2.95. The Bertz CT molecular complexity index is 863. The second-order valence-corrected chi connectivity index (χ2v) is 6.24. The fraction of sp³-hybridized carbons (Fsp3) is 0.222. The second-order valence-electron chi connectivity index (χ2n) is 6.24. The van der Waals surface area contributed by atoms with Crippen molar-refractivity contribution in [3.05, 3.63) is 75.3 Å². The van der Waals surface area contributed by atoms with Crippen molar-refractivity contribution >= 4 is 17.6 Å². The molecule has 25 heavy (non-hydrogen) atoms. The Morgan fingerprint density at radius 2 is 1.84 bits per heavy atom. The molecule has 7 heteroatoms. The predicted octanol–water partition coefficient (Wildman–Crippen LogP) is 2.87. The summed E-state index contributed by atoms with van der Waals surface area (Å²) >= 11 is 0. The minimum Gasteiger partial charge on any atom is -0.319 e. The zero-order valence-corrected chi connectivity index (χ0v) is 13.9. The van der Waals surface area contributed by atoms with Crippen molar-refractivity contribution in [3.8, 4) is 0 Å². The van der Waals surface area contributed by atoms with Gasteiger partial charge in [0, 0.05) is 12.1 Å². The van der Waals surface area contributed by atoms with Gasteiger partial charge in [0.1, 0.15) is 5.54 Å². The first-order chi connectivity index (χ1) is 11.8. The van der Waals surface area contributed by atoms with E-state index in [2.05, 4.69) is 5.32 Å². The number of benzene rings is 2. The van der Waals surface area contributed by atoms with Gasteiger partial charge in [0.2, 0.25) is 0 Å². The van der Waals surface area contributed by atoms with Gasteiger partial charge >= 0.3 is 6.03 Å². The molecule has 1 saturated heterocycles. The number of carbonyl (C=O) groups excluding carboxylic acids is 2. The van der Waals surface area contributed by atoms with Gasteiger partial charge in [0.15, 0.2) is 0 Å². The van der Waals surface area contributed by atoms with Gasteiger partial charge in [-0.3, -0.25) is 19.8 Å². The standard InChI is InChI=1S/C18H17N3O4/c1-12-4-3-5-13(10-12)11-20-16(22)18(2,19-17(20)23)14-6-8-15(9-7-14)21(24)25/h3-10H,11H2,1-2H3,(H,19,23). The fourth-order valence-electron chi connectivity index (χ4n) is 2.95. The lowest BCUT2D eigenvalue weighted by molar-refractivity contribution is -0.384. The maximum absolute atomic E-state index is 12.9. The largest absolute Gasteiger partial charge is 0.325 e. The van der Waals surface area contributed by atoms with Crippen LogP contribution in [0.2, 0.25) is 0 Å². The van der Waals surface area contributed by atoms with Crippen LogP contribution in [0.4, 0.5) is 10.5 Å². The Labute approximate surface area is 144 Å². The van der Waals surface area contributed by atoms with Crippen LogP contribution in [-0.2, 0) is 16.9 Å². The Morgan fingerprint density at radius 3 is 2.44 bits per heavy atom. The van der Waals surface area contributed by atoms with E-state index in [9.17, 15) is 19.7 Å². The molecule has 0 saturated carbocycles. The second kappa shape index (κ2) is 6.01. The monoisotopic (exact) mass is 339 g/mol. The first kappa shape index (κ1) is 16.6. The summed E-state index contributed by atoms with van der Waals surface area (Å²) in [6.45, 7) is 3.72. The molecular formula is C18H17N3O4. The van der Waals surface area contributed by atoms with Crippen molar-refractivity contribution in [1.82, 2.24) is 10.2 Å². The molecular weight excluding hydrogens is 322 g/mol. The number of aryl methyl sites for hydroxylation is 1. The van der Waals surface area contributed by atoms with Crippen LogP contribution in [0.5, 0.6) is 0 Å². The van der Waals surface area contributed by atoms with E-state index < -0.39 is 16.5 Å². The van der Waals surface area contributed by atoms with Crippen molar-refractivity contribution in [1.29, 1.82) is 0 Å². The van der Waals surface area contributed by atoms with E-state index in [0.717, 1.165) is 16.0 Å². The van der Waals surface area contributed by atoms with Gasteiger partial charge in [0.05, 0.1) is 11.5 Å². The van der Waals surface area contributed by atoms with Gasteiger partial charge in [-0.1, -0.05) is 29.8 Å². The van der Waals surface area contributed by atoms with E-state index in [1.54, 1.807) is 6.92 Å². The highest BCUT2D eigenvalue weighted by Gasteiger charge is 2.48. The number of hydrogen-bond donors (Lipinski definition) is 1. The lowest BCUT2D eigenvalue weighted by Crippen LogP contribution is -2.40. The molecule has 3 rings (SSSR count). The molecule has 0 spiro atoms. The third-order valence-electron chi connectivity index (χ3n) is 4.35. The average Bonchev–Trinajstić information content (AvgIpc) is 2.79. The summed E-state index contributed by atoms with van der Waals surface area (Å²) in [7, 11) is 0. The molecule has 0 radical (unpaired) electrons. The number of rotatable bonds is 4. The predicted molar refractivity (Wildman–Crippen MR) is 90.7 cm³/mol. The zero-order chi connectivity index (χ0) is 18.2. The highest BCUT2D eigenvalue weighted by molar-refractivity contribution is 6.07. The molecule has 128 valence electrons. The Hall–Kier alpha value is -3.22. The first-order valence-corrected chi connectivity index (χ1v) is 7.76. The maximum atomic E-state index is 12.9. The molecule has 1 atom stereocenters. The minimum atomic E-state index is -1.24. The molecule has 1 unspecified atom stereocenters. The van der Waals surface area contributed by atoms with E-state index in [4.69, 9.17) is 0 Å². The normalized spacial score (nSPS) is 19.8. The molecule has 0 aromatic heterocycles. The lowest BCUT2D eigenvalue weighted by Gasteiger charge is -2.22. The van der Waals surface area contributed by atoms with E-state index >= 15 is 0 Å². The summed E-state index contributed by atoms with van der Waals surface area (Å²) in [6, 6.07) is 12.7. The number of hydrogen-bond acceptors (Lipinski definition) is 4. The number of urea groups is 1. The van der Waals surface area contributed by atoms with Crippen LogP contribution in [0.3, 0.4) is 0 Å². The van der Waals surface area contributed by atoms with Gasteiger partial charge in [-0.2, -0.15) is 0 Å². The van der Waals surface area contributed by atoms with Crippen molar-refractivity contribution in [3.63, 3.8) is 0 Å². The maximum Gasteiger partial charge on any atom is 0.325 e. The Kier molecular flexibility index (Phi) is 4.00. The smallest absolute Gasteiger partial charge is 0.319 e. The summed E-state index contributed by atoms with van der Waals surface area (Å²) < 4.78 is 0. The zero-order valence-electron chi connectivity index (χ0n) is 13.9. The van der Waals surface area contributed by atoms with Crippen LogP contribution < -0.4 is 5.32 Å². The molecule has 7 nitrogen and oxygen atoms in total. The van der Waals surface area contributed by atoms with E-state index in [0.29, 0.717) is 5.56 Å². The first-order valence-electron chi connectivity index (χ1n) is 7.76. The Morgan fingerprint density at radius 1 is 1.16 bits per heavy atom. The van der Waals surface area contributed by atoms with Crippen LogP contribution in [0.25, 0.3) is 0 Å². The van der Waals surface area contributed by atoms with E-state index in [1.807, 2.05) is 31.2 Å². The number of carbonyl (C=O) groups is 2. The topological polar surface area (TPSA) is 92.6 Å². The third-order valence-corrected chi connectivity index (χ3v) is 4.35. The quantitative estimate of drug-likeness (QED) is 0.526. The van der Waals surface area contributed by atoms with Gasteiger partial charge in [0.25, 0.3) is 11.6 Å². The van der Waals surface area contributed by atoms with Gasteiger partial charge in [-0.25, -0.2) is 4.79 Å². The van der Waals surface area contributed by atoms with E-state index in [1.165, 1.54) is 24.3 Å². The van der Waals surface area contributed by atoms with Crippen molar-refractivity contribution in [2.75, 3.05) is 0 Å². The van der Waals surface area contributed by atoms with Crippen LogP contribution >= 0.6 is 0 Å².